The Kier molecular flexibility index (Phi) is 6.71. The molecular formula is C18H28N3O2. The van der Waals surface area contributed by atoms with E-state index in [1.807, 2.05) is 12.1 Å². The lowest BCUT2D eigenvalue weighted by atomic mass is 10.1. The first-order valence-corrected chi connectivity index (χ1v) is 8.41. The Morgan fingerprint density at radius 3 is 2.48 bits per heavy atom. The number of rotatable bonds is 7. The van der Waals surface area contributed by atoms with Crippen LogP contribution in [0, 0.1) is 12.3 Å². The Balaban J connectivity index is 1.71. The van der Waals surface area contributed by atoms with Crippen molar-refractivity contribution >= 4 is 6.03 Å². The minimum Gasteiger partial charge on any atom is -0.493 e. The second-order valence-electron chi connectivity index (χ2n) is 6.22. The molecule has 1 aromatic rings. The number of carbonyl (C=O) groups is 1. The number of amides is 2. The summed E-state index contributed by atoms with van der Waals surface area (Å²) in [5.41, 5.74) is 6.49. The van der Waals surface area contributed by atoms with Crippen LogP contribution >= 0.6 is 0 Å². The van der Waals surface area contributed by atoms with Gasteiger partial charge in [-0.05, 0) is 23.6 Å². The van der Waals surface area contributed by atoms with Crippen molar-refractivity contribution in [2.45, 2.75) is 20.3 Å². The Morgan fingerprint density at radius 2 is 1.91 bits per heavy atom. The summed E-state index contributed by atoms with van der Waals surface area (Å²) in [5, 5.41) is 0. The summed E-state index contributed by atoms with van der Waals surface area (Å²) in [4.78, 5) is 15.1. The average molecular weight is 318 g/mol. The fourth-order valence-corrected chi connectivity index (χ4v) is 2.44. The van der Waals surface area contributed by atoms with E-state index in [9.17, 15) is 4.79 Å². The molecule has 1 aliphatic heterocycles. The third kappa shape index (κ3) is 5.75. The summed E-state index contributed by atoms with van der Waals surface area (Å²) in [7, 11) is 0. The molecule has 0 aliphatic carbocycles. The van der Waals surface area contributed by atoms with Gasteiger partial charge in [0.05, 0.1) is 6.61 Å². The fourth-order valence-electron chi connectivity index (χ4n) is 2.44. The van der Waals surface area contributed by atoms with Gasteiger partial charge < -0.3 is 15.4 Å². The first-order chi connectivity index (χ1) is 11.1. The summed E-state index contributed by atoms with van der Waals surface area (Å²) in [5.74, 6) is 1.51. The van der Waals surface area contributed by atoms with Gasteiger partial charge in [0, 0.05) is 39.1 Å². The minimum absolute atomic E-state index is 0.318. The number of nitrogens with two attached hydrogens (primary N) is 1. The number of hydrogen-bond donors (Lipinski definition) is 1. The van der Waals surface area contributed by atoms with E-state index in [1.54, 1.807) is 4.90 Å². The van der Waals surface area contributed by atoms with E-state index in [2.05, 4.69) is 37.3 Å². The molecule has 1 heterocycles. The number of benzene rings is 1. The van der Waals surface area contributed by atoms with E-state index in [0.29, 0.717) is 19.0 Å². The van der Waals surface area contributed by atoms with E-state index in [4.69, 9.17) is 10.5 Å². The predicted molar refractivity (Wildman–Crippen MR) is 92.4 cm³/mol. The van der Waals surface area contributed by atoms with Gasteiger partial charge in [-0.25, -0.2) is 4.79 Å². The van der Waals surface area contributed by atoms with Gasteiger partial charge in [-0.1, -0.05) is 32.4 Å². The maximum absolute atomic E-state index is 11.1. The van der Waals surface area contributed by atoms with Crippen molar-refractivity contribution in [3.05, 3.63) is 36.2 Å². The highest BCUT2D eigenvalue weighted by Crippen LogP contribution is 2.15. The van der Waals surface area contributed by atoms with Crippen LogP contribution in [0.5, 0.6) is 5.75 Å². The third-order valence-electron chi connectivity index (χ3n) is 4.38. The fraction of sp³-hybridized carbons (Fsp3) is 0.556. The molecule has 1 atom stereocenters. The number of hydrogen-bond acceptors (Lipinski definition) is 3. The molecule has 0 saturated carbocycles. The van der Waals surface area contributed by atoms with Gasteiger partial charge in [-0.2, -0.15) is 0 Å². The predicted octanol–water partition coefficient (Wildman–Crippen LogP) is 2.36. The molecule has 2 amide bonds. The monoisotopic (exact) mass is 318 g/mol. The highest BCUT2D eigenvalue weighted by molar-refractivity contribution is 5.72. The molecule has 5 heteroatoms. The van der Waals surface area contributed by atoms with Gasteiger partial charge in [-0.15, -0.1) is 0 Å². The van der Waals surface area contributed by atoms with Crippen LogP contribution in [0.1, 0.15) is 25.8 Å². The molecular weight excluding hydrogens is 290 g/mol. The molecule has 0 bridgehead atoms. The molecule has 0 unspecified atom stereocenters. The van der Waals surface area contributed by atoms with Crippen molar-refractivity contribution < 1.29 is 9.53 Å². The number of primary amides is 1. The summed E-state index contributed by atoms with van der Waals surface area (Å²) >= 11 is 0. The maximum atomic E-state index is 11.1. The molecule has 1 fully saturated rings. The van der Waals surface area contributed by atoms with Gasteiger partial charge in [0.25, 0.3) is 0 Å². The van der Waals surface area contributed by atoms with Crippen LogP contribution in [-0.4, -0.2) is 55.2 Å². The van der Waals surface area contributed by atoms with Gasteiger partial charge in [0.2, 0.25) is 0 Å². The Bertz CT molecular complexity index is 482. The molecule has 0 spiro atoms. The Hall–Kier alpha value is -1.75. The van der Waals surface area contributed by atoms with Crippen molar-refractivity contribution in [3.8, 4) is 5.75 Å². The Morgan fingerprint density at radius 1 is 1.26 bits per heavy atom. The van der Waals surface area contributed by atoms with Gasteiger partial charge in [0.15, 0.2) is 0 Å². The molecule has 23 heavy (non-hydrogen) atoms. The second-order valence-corrected chi connectivity index (χ2v) is 6.22. The van der Waals surface area contributed by atoms with Crippen molar-refractivity contribution in [2.75, 3.05) is 39.3 Å². The number of urea groups is 1. The van der Waals surface area contributed by atoms with Gasteiger partial charge in [-0.3, -0.25) is 4.90 Å². The number of piperazine rings is 1. The molecule has 2 rings (SSSR count). The van der Waals surface area contributed by atoms with E-state index < -0.39 is 0 Å². The second kappa shape index (κ2) is 8.77. The number of nitrogens with zero attached hydrogens (tertiary/aromatic N) is 2. The van der Waals surface area contributed by atoms with Crippen LogP contribution in [0.3, 0.4) is 0 Å². The topological polar surface area (TPSA) is 58.8 Å². The molecule has 5 nitrogen and oxygen atoms in total. The van der Waals surface area contributed by atoms with Crippen molar-refractivity contribution in [2.24, 2.45) is 11.7 Å². The lowest BCUT2D eigenvalue weighted by Crippen LogP contribution is -2.50. The third-order valence-corrected chi connectivity index (χ3v) is 4.38. The maximum Gasteiger partial charge on any atom is 0.314 e. The van der Waals surface area contributed by atoms with Crippen molar-refractivity contribution in [1.82, 2.24) is 9.80 Å². The molecule has 1 radical (unpaired) electrons. The zero-order valence-electron chi connectivity index (χ0n) is 14.2. The molecule has 0 aromatic heterocycles. The van der Waals surface area contributed by atoms with Crippen LogP contribution in [0.4, 0.5) is 4.79 Å². The smallest absolute Gasteiger partial charge is 0.314 e. The molecule has 1 aliphatic rings. The molecule has 1 saturated heterocycles. The molecule has 2 N–H and O–H groups in total. The lowest BCUT2D eigenvalue weighted by molar-refractivity contribution is 0.151. The SMILES string of the molecule is CC[C@H](C)COc1ccc([CH]CN2CCN(C(N)=O)CC2)cc1. The normalized spacial score (nSPS) is 17.0. The quantitative estimate of drug-likeness (QED) is 0.839. The number of ether oxygens (including phenoxy) is 1. The molecule has 127 valence electrons. The van der Waals surface area contributed by atoms with Crippen LogP contribution in [0.15, 0.2) is 24.3 Å². The Labute approximate surface area is 139 Å². The van der Waals surface area contributed by atoms with Crippen LogP contribution in [-0.2, 0) is 0 Å². The van der Waals surface area contributed by atoms with E-state index >= 15 is 0 Å². The van der Waals surface area contributed by atoms with Crippen molar-refractivity contribution in [1.29, 1.82) is 0 Å². The number of carbonyl (C=O) groups excluding carboxylic acids is 1. The minimum atomic E-state index is -0.318. The van der Waals surface area contributed by atoms with Gasteiger partial charge in [0.1, 0.15) is 5.75 Å². The van der Waals surface area contributed by atoms with Crippen LogP contribution in [0.2, 0.25) is 0 Å². The van der Waals surface area contributed by atoms with Crippen molar-refractivity contribution in [3.63, 3.8) is 0 Å². The largest absolute Gasteiger partial charge is 0.493 e. The summed E-state index contributed by atoms with van der Waals surface area (Å²) in [6.45, 7) is 9.20. The summed E-state index contributed by atoms with van der Waals surface area (Å²) < 4.78 is 5.77. The zero-order valence-corrected chi connectivity index (χ0v) is 14.2. The van der Waals surface area contributed by atoms with E-state index in [-0.39, 0.29) is 6.03 Å². The lowest BCUT2D eigenvalue weighted by Gasteiger charge is -2.33. The summed E-state index contributed by atoms with van der Waals surface area (Å²) in [6.07, 6.45) is 3.34. The van der Waals surface area contributed by atoms with Gasteiger partial charge >= 0.3 is 6.03 Å². The van der Waals surface area contributed by atoms with E-state index in [0.717, 1.165) is 38.4 Å². The zero-order chi connectivity index (χ0) is 16.7. The van der Waals surface area contributed by atoms with Crippen LogP contribution in [0.25, 0.3) is 0 Å². The van der Waals surface area contributed by atoms with Crippen LogP contribution < -0.4 is 10.5 Å². The highest BCUT2D eigenvalue weighted by Gasteiger charge is 2.18. The summed E-state index contributed by atoms with van der Waals surface area (Å²) in [6, 6.07) is 7.91. The average Bonchev–Trinajstić information content (AvgIpc) is 2.59. The first-order valence-electron chi connectivity index (χ1n) is 8.41. The first kappa shape index (κ1) is 17.6. The molecule has 1 aromatic carbocycles. The van der Waals surface area contributed by atoms with E-state index in [1.165, 1.54) is 5.56 Å². The highest BCUT2D eigenvalue weighted by atomic mass is 16.5. The standard InChI is InChI=1S/C18H28N3O2/c1-3-15(2)14-23-17-6-4-16(5-7-17)8-9-20-10-12-21(13-11-20)18(19)22/h4-8,15H,3,9-14H2,1-2H3,(H2,19,22)/t15-/m0/s1.